The molecule has 20 heavy (non-hydrogen) atoms. The number of hydrogen-bond acceptors (Lipinski definition) is 4. The Morgan fingerprint density at radius 1 is 1.40 bits per heavy atom. The van der Waals surface area contributed by atoms with Crippen LogP contribution in [0, 0.1) is 5.82 Å². The first-order valence-corrected chi connectivity index (χ1v) is 7.57. The molecular formula is C14H19FN4S. The van der Waals surface area contributed by atoms with Gasteiger partial charge in [-0.2, -0.15) is 5.10 Å². The van der Waals surface area contributed by atoms with E-state index >= 15 is 0 Å². The normalized spacial score (nSPS) is 12.8. The zero-order valence-corrected chi connectivity index (χ0v) is 12.5. The molecule has 1 unspecified atom stereocenters. The number of aromatic nitrogens is 3. The molecule has 2 rings (SSSR count). The van der Waals surface area contributed by atoms with Crippen molar-refractivity contribution in [1.82, 2.24) is 14.8 Å². The summed E-state index contributed by atoms with van der Waals surface area (Å²) in [5.41, 5.74) is 6.12. The lowest BCUT2D eigenvalue weighted by Gasteiger charge is -2.13. The number of halogens is 1. The van der Waals surface area contributed by atoms with Gasteiger partial charge in [0.05, 0.1) is 0 Å². The summed E-state index contributed by atoms with van der Waals surface area (Å²) in [5.74, 6) is 1.39. The van der Waals surface area contributed by atoms with Crippen molar-refractivity contribution in [2.24, 2.45) is 5.73 Å². The van der Waals surface area contributed by atoms with E-state index in [-0.39, 0.29) is 17.9 Å². The van der Waals surface area contributed by atoms with E-state index in [2.05, 4.69) is 23.9 Å². The molecule has 0 amide bonds. The zero-order chi connectivity index (χ0) is 14.5. The van der Waals surface area contributed by atoms with Gasteiger partial charge in [0.2, 0.25) is 0 Å². The van der Waals surface area contributed by atoms with Crippen molar-refractivity contribution in [3.8, 4) is 0 Å². The smallest absolute Gasteiger partial charge is 0.138 e. The molecule has 2 aromatic rings. The Hall–Kier alpha value is -1.40. The summed E-state index contributed by atoms with van der Waals surface area (Å²) in [7, 11) is 0. The second-order valence-electron chi connectivity index (χ2n) is 4.95. The van der Waals surface area contributed by atoms with Crippen molar-refractivity contribution >= 4 is 11.8 Å². The van der Waals surface area contributed by atoms with E-state index < -0.39 is 0 Å². The van der Waals surface area contributed by atoms with Crippen LogP contribution in [0.25, 0.3) is 0 Å². The number of thioether (sulfide) groups is 1. The van der Waals surface area contributed by atoms with Crippen molar-refractivity contribution in [2.75, 3.05) is 5.75 Å². The SMILES string of the molecule is CC(C)n1ncnc1CC(N)CSc1cccc(F)c1. The Bertz CT molecular complexity index is 556. The molecule has 2 N–H and O–H groups in total. The fourth-order valence-corrected chi connectivity index (χ4v) is 2.80. The quantitative estimate of drug-likeness (QED) is 0.832. The Kier molecular flexibility index (Phi) is 5.14. The minimum atomic E-state index is -0.219. The third-order valence-corrected chi connectivity index (χ3v) is 4.02. The molecule has 6 heteroatoms. The Balaban J connectivity index is 1.89. The first-order chi connectivity index (χ1) is 9.56. The highest BCUT2D eigenvalue weighted by Gasteiger charge is 2.12. The molecule has 0 bridgehead atoms. The number of benzene rings is 1. The molecule has 0 aliphatic rings. The van der Waals surface area contributed by atoms with E-state index in [1.807, 2.05) is 10.7 Å². The molecule has 0 aliphatic carbocycles. The van der Waals surface area contributed by atoms with E-state index in [4.69, 9.17) is 5.73 Å². The van der Waals surface area contributed by atoms with Crippen LogP contribution in [-0.2, 0) is 6.42 Å². The molecule has 0 spiro atoms. The Morgan fingerprint density at radius 2 is 2.20 bits per heavy atom. The van der Waals surface area contributed by atoms with Gasteiger partial charge < -0.3 is 5.73 Å². The summed E-state index contributed by atoms with van der Waals surface area (Å²) >= 11 is 1.56. The molecule has 4 nitrogen and oxygen atoms in total. The van der Waals surface area contributed by atoms with Gasteiger partial charge in [-0.05, 0) is 32.0 Å². The van der Waals surface area contributed by atoms with Gasteiger partial charge in [-0.15, -0.1) is 11.8 Å². The van der Waals surface area contributed by atoms with E-state index in [1.54, 1.807) is 24.2 Å². The number of nitrogens with two attached hydrogens (primary N) is 1. The van der Waals surface area contributed by atoms with Crippen LogP contribution in [0.5, 0.6) is 0 Å². The Morgan fingerprint density at radius 3 is 2.90 bits per heavy atom. The van der Waals surface area contributed by atoms with Crippen LogP contribution in [0.4, 0.5) is 4.39 Å². The maximum absolute atomic E-state index is 13.1. The second kappa shape index (κ2) is 6.85. The molecule has 0 saturated carbocycles. The number of hydrogen-bond donors (Lipinski definition) is 1. The monoisotopic (exact) mass is 294 g/mol. The highest BCUT2D eigenvalue weighted by Crippen LogP contribution is 2.20. The van der Waals surface area contributed by atoms with Crippen LogP contribution in [0.3, 0.4) is 0 Å². The van der Waals surface area contributed by atoms with Gasteiger partial charge in [0, 0.05) is 29.2 Å². The van der Waals surface area contributed by atoms with Crippen LogP contribution in [0.1, 0.15) is 25.7 Å². The summed E-state index contributed by atoms with van der Waals surface area (Å²) < 4.78 is 15.0. The fourth-order valence-electron chi connectivity index (χ4n) is 1.90. The highest BCUT2D eigenvalue weighted by molar-refractivity contribution is 7.99. The van der Waals surface area contributed by atoms with Crippen LogP contribution in [0.15, 0.2) is 35.5 Å². The molecule has 1 aromatic carbocycles. The first-order valence-electron chi connectivity index (χ1n) is 6.58. The lowest BCUT2D eigenvalue weighted by atomic mass is 10.2. The first kappa shape index (κ1) is 15.0. The topological polar surface area (TPSA) is 56.7 Å². The summed E-state index contributed by atoms with van der Waals surface area (Å²) in [6.07, 6.45) is 2.22. The lowest BCUT2D eigenvalue weighted by Crippen LogP contribution is -2.27. The van der Waals surface area contributed by atoms with E-state index in [0.717, 1.165) is 10.7 Å². The Labute approximate surface area is 122 Å². The molecule has 1 atom stereocenters. The summed E-state index contributed by atoms with van der Waals surface area (Å²) in [6.45, 7) is 4.12. The zero-order valence-electron chi connectivity index (χ0n) is 11.7. The van der Waals surface area contributed by atoms with Crippen molar-refractivity contribution in [1.29, 1.82) is 0 Å². The van der Waals surface area contributed by atoms with E-state index in [9.17, 15) is 4.39 Å². The third kappa shape index (κ3) is 4.05. The predicted molar refractivity (Wildman–Crippen MR) is 79.2 cm³/mol. The molecule has 0 saturated heterocycles. The molecule has 0 fully saturated rings. The van der Waals surface area contributed by atoms with Gasteiger partial charge in [0.15, 0.2) is 0 Å². The van der Waals surface area contributed by atoms with Crippen molar-refractivity contribution in [3.05, 3.63) is 42.2 Å². The van der Waals surface area contributed by atoms with Gasteiger partial charge in [-0.3, -0.25) is 0 Å². The second-order valence-corrected chi connectivity index (χ2v) is 6.04. The van der Waals surface area contributed by atoms with Gasteiger partial charge in [-0.25, -0.2) is 14.1 Å². The van der Waals surface area contributed by atoms with E-state index in [1.165, 1.54) is 12.1 Å². The molecular weight excluding hydrogens is 275 g/mol. The van der Waals surface area contributed by atoms with Gasteiger partial charge in [0.1, 0.15) is 18.0 Å². The lowest BCUT2D eigenvalue weighted by molar-refractivity contribution is 0.496. The summed E-state index contributed by atoms with van der Waals surface area (Å²) in [4.78, 5) is 5.14. The standard InChI is InChI=1S/C14H19FN4S/c1-10(2)19-14(17-9-18-19)7-12(16)8-20-13-5-3-4-11(15)6-13/h3-6,9-10,12H,7-8,16H2,1-2H3. The average Bonchev–Trinajstić information content (AvgIpc) is 2.85. The third-order valence-electron chi connectivity index (χ3n) is 2.84. The van der Waals surface area contributed by atoms with E-state index in [0.29, 0.717) is 12.2 Å². The van der Waals surface area contributed by atoms with Gasteiger partial charge >= 0.3 is 0 Å². The molecule has 1 aromatic heterocycles. The van der Waals surface area contributed by atoms with Crippen LogP contribution in [-0.4, -0.2) is 26.6 Å². The number of rotatable bonds is 6. The van der Waals surface area contributed by atoms with Crippen LogP contribution < -0.4 is 5.73 Å². The summed E-state index contributed by atoms with van der Waals surface area (Å²) in [6, 6.07) is 6.79. The predicted octanol–water partition coefficient (Wildman–Crippen LogP) is 2.66. The molecule has 108 valence electrons. The number of nitrogens with zero attached hydrogens (tertiary/aromatic N) is 3. The maximum Gasteiger partial charge on any atom is 0.138 e. The molecule has 0 aliphatic heterocycles. The average molecular weight is 294 g/mol. The van der Waals surface area contributed by atoms with Crippen molar-refractivity contribution in [3.63, 3.8) is 0 Å². The maximum atomic E-state index is 13.1. The van der Waals surface area contributed by atoms with Gasteiger partial charge in [0.25, 0.3) is 0 Å². The summed E-state index contributed by atoms with van der Waals surface area (Å²) in [5, 5.41) is 4.19. The van der Waals surface area contributed by atoms with Crippen LogP contribution >= 0.6 is 11.8 Å². The molecule has 0 radical (unpaired) electrons. The van der Waals surface area contributed by atoms with Crippen molar-refractivity contribution < 1.29 is 4.39 Å². The largest absolute Gasteiger partial charge is 0.327 e. The minimum absolute atomic E-state index is 0.0371. The van der Waals surface area contributed by atoms with Crippen LogP contribution in [0.2, 0.25) is 0 Å². The van der Waals surface area contributed by atoms with Gasteiger partial charge in [-0.1, -0.05) is 6.07 Å². The van der Waals surface area contributed by atoms with Crippen molar-refractivity contribution in [2.45, 2.75) is 37.2 Å². The minimum Gasteiger partial charge on any atom is -0.327 e. The molecule has 1 heterocycles. The fraction of sp³-hybridized carbons (Fsp3) is 0.429. The highest BCUT2D eigenvalue weighted by atomic mass is 32.2.